The van der Waals surface area contributed by atoms with Crippen LogP contribution in [0.4, 0.5) is 0 Å². The van der Waals surface area contributed by atoms with E-state index in [2.05, 4.69) is 0 Å². The van der Waals surface area contributed by atoms with Crippen molar-refractivity contribution in [2.75, 3.05) is 12.3 Å². The fourth-order valence-electron chi connectivity index (χ4n) is 2.85. The number of nitrogens with zero attached hydrogens (tertiary/aromatic N) is 1. The standard InChI is InChI=1S/C14H15NO3S/c16-13(15-7-3-5-11(15)14(17)18)10-8-19-12-6-2-1-4-9(10)12/h1-2,4,6,10-11H,3,5,7-8H2,(H,17,18)/t10?,11-/m0/s1. The SMILES string of the molecule is O=C(O)[C@@H]1CCCN1C(=O)C1CSc2ccccc21. The quantitative estimate of drug-likeness (QED) is 0.897. The van der Waals surface area contributed by atoms with Gasteiger partial charge in [0, 0.05) is 17.2 Å². The van der Waals surface area contributed by atoms with Gasteiger partial charge >= 0.3 is 5.97 Å². The van der Waals surface area contributed by atoms with Gasteiger partial charge in [-0.25, -0.2) is 4.79 Å². The predicted molar refractivity (Wildman–Crippen MR) is 72.3 cm³/mol. The van der Waals surface area contributed by atoms with Gasteiger partial charge in [0.05, 0.1) is 5.92 Å². The summed E-state index contributed by atoms with van der Waals surface area (Å²) in [4.78, 5) is 26.4. The molecule has 2 heterocycles. The van der Waals surface area contributed by atoms with Gasteiger partial charge < -0.3 is 10.0 Å². The first-order valence-corrected chi connectivity index (χ1v) is 7.42. The number of aliphatic carboxylic acids is 1. The second kappa shape index (κ2) is 4.89. The molecule has 0 bridgehead atoms. The van der Waals surface area contributed by atoms with Gasteiger partial charge in [0.25, 0.3) is 0 Å². The van der Waals surface area contributed by atoms with Crippen molar-refractivity contribution in [3.8, 4) is 0 Å². The van der Waals surface area contributed by atoms with E-state index in [0.717, 1.165) is 22.6 Å². The summed E-state index contributed by atoms with van der Waals surface area (Å²) < 4.78 is 0. The highest BCUT2D eigenvalue weighted by Crippen LogP contribution is 2.41. The third-order valence-electron chi connectivity index (χ3n) is 3.82. The van der Waals surface area contributed by atoms with E-state index in [1.54, 1.807) is 16.7 Å². The molecule has 5 heteroatoms. The molecule has 0 saturated carbocycles. The van der Waals surface area contributed by atoms with E-state index < -0.39 is 12.0 Å². The van der Waals surface area contributed by atoms with E-state index in [9.17, 15) is 14.7 Å². The van der Waals surface area contributed by atoms with Crippen LogP contribution in [0.25, 0.3) is 0 Å². The molecule has 0 spiro atoms. The Morgan fingerprint density at radius 3 is 2.89 bits per heavy atom. The van der Waals surface area contributed by atoms with Crippen LogP contribution in [0.15, 0.2) is 29.2 Å². The van der Waals surface area contributed by atoms with E-state index >= 15 is 0 Å². The maximum Gasteiger partial charge on any atom is 0.326 e. The summed E-state index contributed by atoms with van der Waals surface area (Å²) in [6, 6.07) is 7.26. The molecule has 1 amide bonds. The molecule has 2 aliphatic heterocycles. The van der Waals surface area contributed by atoms with Gasteiger partial charge in [-0.3, -0.25) is 4.79 Å². The lowest BCUT2D eigenvalue weighted by Crippen LogP contribution is -2.42. The first-order valence-electron chi connectivity index (χ1n) is 6.43. The van der Waals surface area contributed by atoms with Gasteiger partial charge in [0.2, 0.25) is 5.91 Å². The molecular weight excluding hydrogens is 262 g/mol. The zero-order chi connectivity index (χ0) is 13.4. The average molecular weight is 277 g/mol. The van der Waals surface area contributed by atoms with Crippen LogP contribution in [0.2, 0.25) is 0 Å². The first-order chi connectivity index (χ1) is 9.18. The third-order valence-corrected chi connectivity index (χ3v) is 5.00. The molecular formula is C14H15NO3S. The predicted octanol–water partition coefficient (Wildman–Crippen LogP) is 1.95. The van der Waals surface area contributed by atoms with Gasteiger partial charge in [0.1, 0.15) is 6.04 Å². The number of carboxylic acids is 1. The number of likely N-dealkylation sites (tertiary alicyclic amines) is 1. The monoisotopic (exact) mass is 277 g/mol. The van der Waals surface area contributed by atoms with Crippen molar-refractivity contribution in [3.05, 3.63) is 29.8 Å². The molecule has 0 aromatic heterocycles. The number of benzene rings is 1. The summed E-state index contributed by atoms with van der Waals surface area (Å²) >= 11 is 1.68. The van der Waals surface area contributed by atoms with Gasteiger partial charge in [-0.1, -0.05) is 18.2 Å². The van der Waals surface area contributed by atoms with Crippen LogP contribution >= 0.6 is 11.8 Å². The van der Waals surface area contributed by atoms with Crippen LogP contribution in [-0.4, -0.2) is 40.2 Å². The van der Waals surface area contributed by atoms with Crippen molar-refractivity contribution >= 4 is 23.6 Å². The third kappa shape index (κ3) is 2.12. The molecule has 1 N–H and O–H groups in total. The normalized spacial score (nSPS) is 25.4. The molecule has 1 aromatic rings. The molecule has 2 aliphatic rings. The van der Waals surface area contributed by atoms with E-state index in [4.69, 9.17) is 0 Å². The highest BCUT2D eigenvalue weighted by Gasteiger charge is 2.39. The number of amides is 1. The van der Waals surface area contributed by atoms with Crippen molar-refractivity contribution in [3.63, 3.8) is 0 Å². The van der Waals surface area contributed by atoms with Gasteiger partial charge in [-0.05, 0) is 24.5 Å². The summed E-state index contributed by atoms with van der Waals surface area (Å²) in [5.74, 6) is -0.366. The van der Waals surface area contributed by atoms with Gasteiger partial charge in [0.15, 0.2) is 0 Å². The number of rotatable bonds is 2. The number of hydrogen-bond donors (Lipinski definition) is 1. The zero-order valence-corrected chi connectivity index (χ0v) is 11.2. The molecule has 1 saturated heterocycles. The Bertz CT molecular complexity index is 531. The summed E-state index contributed by atoms with van der Waals surface area (Å²) in [5, 5.41) is 9.17. The lowest BCUT2D eigenvalue weighted by Gasteiger charge is -2.24. The Morgan fingerprint density at radius 1 is 1.32 bits per heavy atom. The minimum atomic E-state index is -0.884. The highest BCUT2D eigenvalue weighted by molar-refractivity contribution is 7.99. The molecule has 1 unspecified atom stereocenters. The number of thioether (sulfide) groups is 1. The average Bonchev–Trinajstić information content (AvgIpc) is 3.05. The number of carbonyl (C=O) groups excluding carboxylic acids is 1. The summed E-state index contributed by atoms with van der Waals surface area (Å²) in [5.41, 5.74) is 1.05. The smallest absolute Gasteiger partial charge is 0.326 e. The number of hydrogen-bond acceptors (Lipinski definition) is 3. The number of carbonyl (C=O) groups is 2. The molecule has 4 nitrogen and oxygen atoms in total. The van der Waals surface area contributed by atoms with E-state index in [-0.39, 0.29) is 11.8 Å². The largest absolute Gasteiger partial charge is 0.480 e. The minimum Gasteiger partial charge on any atom is -0.480 e. The minimum absolute atomic E-state index is 0.0256. The zero-order valence-electron chi connectivity index (χ0n) is 10.4. The highest BCUT2D eigenvalue weighted by atomic mass is 32.2. The lowest BCUT2D eigenvalue weighted by atomic mass is 9.99. The van der Waals surface area contributed by atoms with Crippen molar-refractivity contribution in [2.24, 2.45) is 0 Å². The second-order valence-corrected chi connectivity index (χ2v) is 5.99. The van der Waals surface area contributed by atoms with Crippen LogP contribution in [0, 0.1) is 0 Å². The summed E-state index contributed by atoms with van der Waals surface area (Å²) in [6.07, 6.45) is 1.35. The van der Waals surface area contributed by atoms with E-state index in [1.165, 1.54) is 0 Å². The van der Waals surface area contributed by atoms with Crippen molar-refractivity contribution < 1.29 is 14.7 Å². The Balaban J connectivity index is 1.84. The Labute approximate surface area is 115 Å². The summed E-state index contributed by atoms with van der Waals surface area (Å²) in [7, 11) is 0. The second-order valence-electron chi connectivity index (χ2n) is 4.93. The molecule has 3 rings (SSSR count). The van der Waals surface area contributed by atoms with Crippen LogP contribution in [-0.2, 0) is 9.59 Å². The van der Waals surface area contributed by atoms with Crippen LogP contribution < -0.4 is 0 Å². The van der Waals surface area contributed by atoms with E-state index in [0.29, 0.717) is 13.0 Å². The molecule has 19 heavy (non-hydrogen) atoms. The van der Waals surface area contributed by atoms with Crippen LogP contribution in [0.1, 0.15) is 24.3 Å². The van der Waals surface area contributed by atoms with Crippen molar-refractivity contribution in [2.45, 2.75) is 29.7 Å². The molecule has 100 valence electrons. The number of fused-ring (bicyclic) bond motifs is 1. The molecule has 2 atom stereocenters. The molecule has 0 aliphatic carbocycles. The fraction of sp³-hybridized carbons (Fsp3) is 0.429. The Morgan fingerprint density at radius 2 is 2.11 bits per heavy atom. The van der Waals surface area contributed by atoms with Crippen molar-refractivity contribution in [1.29, 1.82) is 0 Å². The molecule has 1 aromatic carbocycles. The molecule has 0 radical (unpaired) electrons. The maximum absolute atomic E-state index is 12.6. The maximum atomic E-state index is 12.6. The topological polar surface area (TPSA) is 57.6 Å². The Hall–Kier alpha value is -1.49. The number of carboxylic acid groups (broad SMARTS) is 1. The Kier molecular flexibility index (Phi) is 3.22. The molecule has 1 fully saturated rings. The van der Waals surface area contributed by atoms with Crippen molar-refractivity contribution in [1.82, 2.24) is 4.90 Å². The lowest BCUT2D eigenvalue weighted by molar-refractivity contribution is -0.148. The van der Waals surface area contributed by atoms with Gasteiger partial charge in [-0.15, -0.1) is 11.8 Å². The van der Waals surface area contributed by atoms with Crippen LogP contribution in [0.3, 0.4) is 0 Å². The van der Waals surface area contributed by atoms with Gasteiger partial charge in [-0.2, -0.15) is 0 Å². The van der Waals surface area contributed by atoms with E-state index in [1.807, 2.05) is 24.3 Å². The summed E-state index contributed by atoms with van der Waals surface area (Å²) in [6.45, 7) is 0.569. The first kappa shape index (κ1) is 12.5. The van der Waals surface area contributed by atoms with Crippen LogP contribution in [0.5, 0.6) is 0 Å². The fourth-order valence-corrected chi connectivity index (χ4v) is 4.07.